The molecule has 0 fully saturated rings. The van der Waals surface area contributed by atoms with Crippen LogP contribution in [0.15, 0.2) is 30.3 Å². The zero-order valence-corrected chi connectivity index (χ0v) is 8.65. The summed E-state index contributed by atoms with van der Waals surface area (Å²) in [6.45, 7) is 4.00. The molecule has 3 nitrogen and oxygen atoms in total. The van der Waals surface area contributed by atoms with Gasteiger partial charge in [0.2, 0.25) is 5.91 Å². The Balaban J connectivity index is 2.25. The second kappa shape index (κ2) is 6.19. The average molecular weight is 206 g/mol. The number of hydrogen-bond acceptors (Lipinski definition) is 2. The van der Waals surface area contributed by atoms with Gasteiger partial charge in [-0.15, -0.1) is 0 Å². The van der Waals surface area contributed by atoms with Gasteiger partial charge < -0.3 is 10.4 Å². The lowest BCUT2D eigenvalue weighted by molar-refractivity contribution is -0.129. The van der Waals surface area contributed by atoms with Crippen molar-refractivity contribution >= 4 is 5.91 Å². The molecule has 0 saturated carbocycles. The summed E-state index contributed by atoms with van der Waals surface area (Å²) < 4.78 is 0. The van der Waals surface area contributed by atoms with Gasteiger partial charge in [-0.25, -0.2) is 0 Å². The van der Waals surface area contributed by atoms with E-state index in [0.717, 1.165) is 6.42 Å². The van der Waals surface area contributed by atoms with Gasteiger partial charge in [0.15, 0.2) is 0 Å². The Labute approximate surface area is 90.1 Å². The largest absolute Gasteiger partial charge is 0.383 e. The molecule has 0 spiro atoms. The molecular formula is C12H16NO2. The molecule has 1 amide bonds. The van der Waals surface area contributed by atoms with Crippen LogP contribution in [0, 0.1) is 6.92 Å². The molecule has 1 rings (SSSR count). The summed E-state index contributed by atoms with van der Waals surface area (Å²) in [7, 11) is 0. The molecule has 0 aliphatic rings. The Morgan fingerprint density at radius 2 is 2.07 bits per heavy atom. The van der Waals surface area contributed by atoms with Gasteiger partial charge in [-0.05, 0) is 18.4 Å². The van der Waals surface area contributed by atoms with Crippen LogP contribution >= 0.6 is 0 Å². The maximum atomic E-state index is 11.2. The smallest absolute Gasteiger partial charge is 0.248 e. The van der Waals surface area contributed by atoms with Crippen molar-refractivity contribution in [1.82, 2.24) is 5.32 Å². The zero-order valence-electron chi connectivity index (χ0n) is 8.65. The molecule has 1 radical (unpaired) electrons. The van der Waals surface area contributed by atoms with E-state index in [1.165, 1.54) is 5.56 Å². The van der Waals surface area contributed by atoms with E-state index in [-0.39, 0.29) is 12.3 Å². The van der Waals surface area contributed by atoms with E-state index >= 15 is 0 Å². The predicted molar refractivity (Wildman–Crippen MR) is 59.1 cm³/mol. The Morgan fingerprint density at radius 3 is 2.67 bits per heavy atom. The molecule has 3 heteroatoms. The van der Waals surface area contributed by atoms with E-state index in [1.54, 1.807) is 0 Å². The lowest BCUT2D eigenvalue weighted by Gasteiger charge is -2.08. The molecule has 0 aliphatic heterocycles. The Kier molecular flexibility index (Phi) is 4.84. The molecular weight excluding hydrogens is 190 g/mol. The van der Waals surface area contributed by atoms with Crippen molar-refractivity contribution in [3.8, 4) is 0 Å². The van der Waals surface area contributed by atoms with Crippen molar-refractivity contribution in [2.75, 3.05) is 6.54 Å². The van der Waals surface area contributed by atoms with Crippen molar-refractivity contribution in [1.29, 1.82) is 0 Å². The minimum absolute atomic E-state index is 0.206. The molecule has 0 saturated heterocycles. The Bertz CT molecular complexity index is 298. The topological polar surface area (TPSA) is 49.3 Å². The van der Waals surface area contributed by atoms with Gasteiger partial charge in [0.05, 0.1) is 0 Å². The van der Waals surface area contributed by atoms with Gasteiger partial charge >= 0.3 is 0 Å². The number of carbonyl (C=O) groups is 1. The minimum Gasteiger partial charge on any atom is -0.383 e. The highest BCUT2D eigenvalue weighted by Gasteiger charge is 2.10. The van der Waals surface area contributed by atoms with Crippen LogP contribution in [-0.2, 0) is 11.2 Å². The molecule has 0 aliphatic carbocycles. The van der Waals surface area contributed by atoms with Crippen molar-refractivity contribution < 1.29 is 9.90 Å². The second-order valence-corrected chi connectivity index (χ2v) is 3.33. The first-order valence-electron chi connectivity index (χ1n) is 5.03. The third kappa shape index (κ3) is 4.13. The van der Waals surface area contributed by atoms with Crippen LogP contribution < -0.4 is 5.32 Å². The molecule has 2 N–H and O–H groups in total. The lowest BCUT2D eigenvalue weighted by Crippen LogP contribution is -2.35. The molecule has 1 atom stereocenters. The zero-order chi connectivity index (χ0) is 11.1. The second-order valence-electron chi connectivity index (χ2n) is 3.33. The number of nitrogens with one attached hydrogen (secondary N) is 1. The van der Waals surface area contributed by atoms with Crippen LogP contribution in [0.1, 0.15) is 12.0 Å². The first kappa shape index (κ1) is 11.7. The number of hydrogen-bond donors (Lipinski definition) is 2. The SMILES string of the molecule is [CH2]CC(O)C(=O)NCCc1ccccc1. The van der Waals surface area contributed by atoms with Crippen LogP contribution in [0.2, 0.25) is 0 Å². The quantitative estimate of drug-likeness (QED) is 0.753. The van der Waals surface area contributed by atoms with Crippen LogP contribution in [0.5, 0.6) is 0 Å². The van der Waals surface area contributed by atoms with E-state index in [1.807, 2.05) is 30.3 Å². The maximum absolute atomic E-state index is 11.2. The summed E-state index contributed by atoms with van der Waals surface area (Å²) in [5.74, 6) is -0.346. The van der Waals surface area contributed by atoms with E-state index in [9.17, 15) is 4.79 Å². The fourth-order valence-corrected chi connectivity index (χ4v) is 1.22. The standard InChI is InChI=1S/C12H16NO2/c1-2-11(14)12(15)13-9-8-10-6-4-3-5-7-10/h3-7,11,14H,1-2,8-9H2,(H,13,15). The first-order valence-corrected chi connectivity index (χ1v) is 5.03. The highest BCUT2D eigenvalue weighted by molar-refractivity contribution is 5.80. The molecule has 0 heterocycles. The molecule has 1 aromatic carbocycles. The number of carbonyl (C=O) groups excluding carboxylic acids is 1. The van der Waals surface area contributed by atoms with Crippen molar-refractivity contribution in [3.05, 3.63) is 42.8 Å². The fourth-order valence-electron chi connectivity index (χ4n) is 1.22. The molecule has 0 aromatic heterocycles. The normalized spacial score (nSPS) is 12.1. The molecule has 0 bridgehead atoms. The van der Waals surface area contributed by atoms with Crippen LogP contribution in [-0.4, -0.2) is 23.7 Å². The highest BCUT2D eigenvalue weighted by Crippen LogP contribution is 1.98. The lowest BCUT2D eigenvalue weighted by atomic mass is 10.1. The number of amides is 1. The van der Waals surface area contributed by atoms with Gasteiger partial charge in [-0.3, -0.25) is 4.79 Å². The van der Waals surface area contributed by atoms with Crippen LogP contribution in [0.4, 0.5) is 0 Å². The van der Waals surface area contributed by atoms with Crippen molar-refractivity contribution in [3.63, 3.8) is 0 Å². The molecule has 15 heavy (non-hydrogen) atoms. The van der Waals surface area contributed by atoms with Gasteiger partial charge in [0, 0.05) is 6.54 Å². The third-order valence-electron chi connectivity index (χ3n) is 2.13. The van der Waals surface area contributed by atoms with E-state index in [4.69, 9.17) is 5.11 Å². The van der Waals surface area contributed by atoms with Crippen molar-refractivity contribution in [2.45, 2.75) is 18.9 Å². The average Bonchev–Trinajstić information content (AvgIpc) is 2.29. The minimum atomic E-state index is -0.985. The van der Waals surface area contributed by atoms with Crippen LogP contribution in [0.3, 0.4) is 0 Å². The van der Waals surface area contributed by atoms with Gasteiger partial charge in [0.25, 0.3) is 0 Å². The Morgan fingerprint density at radius 1 is 1.40 bits per heavy atom. The Hall–Kier alpha value is -1.35. The van der Waals surface area contributed by atoms with Gasteiger partial charge in [-0.2, -0.15) is 0 Å². The van der Waals surface area contributed by atoms with Crippen LogP contribution in [0.25, 0.3) is 0 Å². The monoisotopic (exact) mass is 206 g/mol. The van der Waals surface area contributed by atoms with E-state index < -0.39 is 6.10 Å². The summed E-state index contributed by atoms with van der Waals surface area (Å²) in [5.41, 5.74) is 1.17. The molecule has 1 aromatic rings. The summed E-state index contributed by atoms with van der Waals surface area (Å²) in [4.78, 5) is 11.2. The van der Waals surface area contributed by atoms with Crippen molar-refractivity contribution in [2.24, 2.45) is 0 Å². The summed E-state index contributed by atoms with van der Waals surface area (Å²) in [5, 5.41) is 11.8. The summed E-state index contributed by atoms with van der Waals surface area (Å²) >= 11 is 0. The van der Waals surface area contributed by atoms with Gasteiger partial charge in [-0.1, -0.05) is 37.3 Å². The maximum Gasteiger partial charge on any atom is 0.248 e. The highest BCUT2D eigenvalue weighted by atomic mass is 16.3. The number of aliphatic hydroxyl groups is 1. The fraction of sp³-hybridized carbons (Fsp3) is 0.333. The van der Waals surface area contributed by atoms with Gasteiger partial charge in [0.1, 0.15) is 6.10 Å². The van der Waals surface area contributed by atoms with E-state index in [2.05, 4.69) is 12.2 Å². The third-order valence-corrected chi connectivity index (χ3v) is 2.13. The number of aliphatic hydroxyl groups excluding tert-OH is 1. The van der Waals surface area contributed by atoms with E-state index in [0.29, 0.717) is 6.54 Å². The number of benzene rings is 1. The predicted octanol–water partition coefficient (Wildman–Crippen LogP) is 0.930. The molecule has 1 unspecified atom stereocenters. The molecule has 81 valence electrons. The number of rotatable bonds is 5. The summed E-state index contributed by atoms with van der Waals surface area (Å²) in [6.07, 6.45) is -0.00562. The summed E-state index contributed by atoms with van der Waals surface area (Å²) in [6, 6.07) is 9.88. The first-order chi connectivity index (χ1) is 7.24.